The third-order valence-electron chi connectivity index (χ3n) is 5.46. The Balaban J connectivity index is 1.93. The van der Waals surface area contributed by atoms with Crippen LogP contribution in [0.2, 0.25) is 0 Å². The fourth-order valence-corrected chi connectivity index (χ4v) is 3.68. The van der Waals surface area contributed by atoms with E-state index in [1.807, 2.05) is 5.92 Å². The Labute approximate surface area is 202 Å². The average Bonchev–Trinajstić information content (AvgIpc) is 3.42. The molecule has 0 spiro atoms. The number of amides is 1. The van der Waals surface area contributed by atoms with Crippen LogP contribution in [0.3, 0.4) is 0 Å². The zero-order valence-corrected chi connectivity index (χ0v) is 19.3. The van der Waals surface area contributed by atoms with E-state index in [1.165, 1.54) is 38.4 Å². The van der Waals surface area contributed by atoms with Crippen LogP contribution in [0.1, 0.15) is 29.6 Å². The summed E-state index contributed by atoms with van der Waals surface area (Å²) in [5, 5.41) is 21.1. The van der Waals surface area contributed by atoms with Crippen LogP contribution in [-0.4, -0.2) is 36.9 Å². The molecule has 0 aliphatic carbocycles. The number of aromatic nitrogens is 4. The van der Waals surface area contributed by atoms with Crippen molar-refractivity contribution >= 4 is 16.8 Å². The molecule has 186 valence electrons. The summed E-state index contributed by atoms with van der Waals surface area (Å²) >= 11 is 0. The Kier molecular flexibility index (Phi) is 6.19. The lowest BCUT2D eigenvalue weighted by Gasteiger charge is -2.25. The number of halogens is 3. The Morgan fingerprint density at radius 3 is 2.58 bits per heavy atom. The van der Waals surface area contributed by atoms with Gasteiger partial charge < -0.3 is 24.4 Å². The van der Waals surface area contributed by atoms with Gasteiger partial charge in [0.2, 0.25) is 23.3 Å². The van der Waals surface area contributed by atoms with Crippen LogP contribution in [0.4, 0.5) is 13.2 Å². The topological polar surface area (TPSA) is 126 Å². The molecule has 1 atom stereocenters. The first-order valence-electron chi connectivity index (χ1n) is 10.6. The lowest BCUT2D eigenvalue weighted by atomic mass is 9.93. The van der Waals surface area contributed by atoms with Crippen LogP contribution in [0.25, 0.3) is 22.4 Å². The highest BCUT2D eigenvalue weighted by molar-refractivity contribution is 5.99. The van der Waals surface area contributed by atoms with E-state index >= 15 is 0 Å². The summed E-state index contributed by atoms with van der Waals surface area (Å²) in [4.78, 5) is 26.9. The SMILES string of the molecule is CC(=O)NCc1nnc(-c2c(C)[nH]c3c(=O)n(C)cc(C#CC(O)(c4ccccc4)C(F)(F)F)c23)o1. The van der Waals surface area contributed by atoms with Crippen molar-refractivity contribution in [3.05, 3.63) is 69.6 Å². The number of hydrogen-bond acceptors (Lipinski definition) is 6. The fraction of sp³-hybridized carbons (Fsp3) is 0.250. The van der Waals surface area contributed by atoms with E-state index in [2.05, 4.69) is 26.4 Å². The Hall–Kier alpha value is -4.37. The summed E-state index contributed by atoms with van der Waals surface area (Å²) in [6, 6.07) is 6.49. The normalized spacial score (nSPS) is 13.2. The summed E-state index contributed by atoms with van der Waals surface area (Å²) in [6.45, 7) is 2.91. The molecule has 3 N–H and O–H groups in total. The van der Waals surface area contributed by atoms with Crippen molar-refractivity contribution in [1.29, 1.82) is 0 Å². The third-order valence-corrected chi connectivity index (χ3v) is 5.46. The Morgan fingerprint density at radius 1 is 1.25 bits per heavy atom. The second-order valence-corrected chi connectivity index (χ2v) is 8.07. The minimum absolute atomic E-state index is 0.0201. The van der Waals surface area contributed by atoms with E-state index in [0.29, 0.717) is 5.69 Å². The first kappa shape index (κ1) is 24.7. The van der Waals surface area contributed by atoms with Gasteiger partial charge in [0.1, 0.15) is 5.52 Å². The molecule has 12 heteroatoms. The molecule has 0 saturated carbocycles. The second kappa shape index (κ2) is 9.01. The van der Waals surface area contributed by atoms with Crippen molar-refractivity contribution in [2.24, 2.45) is 7.05 Å². The zero-order valence-electron chi connectivity index (χ0n) is 19.3. The first-order valence-corrected chi connectivity index (χ1v) is 10.6. The molecule has 0 fully saturated rings. The van der Waals surface area contributed by atoms with Gasteiger partial charge in [0, 0.05) is 36.8 Å². The number of pyridine rings is 1. The van der Waals surface area contributed by atoms with Crippen LogP contribution in [0.15, 0.2) is 45.7 Å². The van der Waals surface area contributed by atoms with Crippen molar-refractivity contribution in [3.8, 4) is 23.3 Å². The molecule has 1 amide bonds. The number of H-pyrrole nitrogens is 1. The molecule has 0 aliphatic heterocycles. The molecule has 0 saturated heterocycles. The minimum Gasteiger partial charge on any atom is -0.419 e. The number of nitrogens with zero attached hydrogens (tertiary/aromatic N) is 3. The van der Waals surface area contributed by atoms with Crippen molar-refractivity contribution in [1.82, 2.24) is 25.1 Å². The molecule has 0 radical (unpaired) electrons. The van der Waals surface area contributed by atoms with Gasteiger partial charge in [-0.1, -0.05) is 36.3 Å². The van der Waals surface area contributed by atoms with E-state index in [4.69, 9.17) is 4.42 Å². The Morgan fingerprint density at radius 2 is 1.94 bits per heavy atom. The standard InChI is InChI=1S/C24H20F3N5O4/c1-13-18(21-31-30-17(36-21)11-28-14(2)33)19-15(12-32(3)22(34)20(19)29-13)9-10-23(35,24(25,26)27)16-7-5-4-6-8-16/h4-8,12,29,35H,11H2,1-3H3,(H,28,33). The van der Waals surface area contributed by atoms with Gasteiger partial charge in [-0.25, -0.2) is 0 Å². The molecular formula is C24H20F3N5O4. The number of rotatable bonds is 4. The number of aromatic amines is 1. The first-order chi connectivity index (χ1) is 16.9. The average molecular weight is 499 g/mol. The van der Waals surface area contributed by atoms with Crippen molar-refractivity contribution < 1.29 is 27.5 Å². The smallest absolute Gasteiger partial charge is 0.419 e. The van der Waals surface area contributed by atoms with E-state index < -0.39 is 22.9 Å². The largest absolute Gasteiger partial charge is 0.433 e. The number of carbonyl (C=O) groups excluding carboxylic acids is 1. The summed E-state index contributed by atoms with van der Waals surface area (Å²) in [5.74, 6) is 4.15. The number of fused-ring (bicyclic) bond motifs is 1. The number of carbonyl (C=O) groups is 1. The van der Waals surface area contributed by atoms with Gasteiger partial charge >= 0.3 is 6.18 Å². The highest BCUT2D eigenvalue weighted by atomic mass is 19.4. The van der Waals surface area contributed by atoms with Gasteiger partial charge in [-0.05, 0) is 12.8 Å². The van der Waals surface area contributed by atoms with Crippen LogP contribution in [0, 0.1) is 18.8 Å². The molecule has 4 aromatic rings. The number of benzene rings is 1. The second-order valence-electron chi connectivity index (χ2n) is 8.07. The minimum atomic E-state index is -5.11. The number of hydrogen-bond donors (Lipinski definition) is 3. The van der Waals surface area contributed by atoms with Crippen LogP contribution in [0.5, 0.6) is 0 Å². The summed E-state index contributed by atoms with van der Waals surface area (Å²) in [7, 11) is 1.42. The van der Waals surface area contributed by atoms with Gasteiger partial charge in [0.15, 0.2) is 0 Å². The maximum Gasteiger partial charge on any atom is 0.433 e. The maximum absolute atomic E-state index is 14.0. The van der Waals surface area contributed by atoms with E-state index in [9.17, 15) is 27.9 Å². The van der Waals surface area contributed by atoms with E-state index in [1.54, 1.807) is 6.92 Å². The number of nitrogens with one attached hydrogen (secondary N) is 2. The van der Waals surface area contributed by atoms with Gasteiger partial charge in [-0.2, -0.15) is 13.2 Å². The highest BCUT2D eigenvalue weighted by Crippen LogP contribution is 2.39. The monoisotopic (exact) mass is 499 g/mol. The third kappa shape index (κ3) is 4.36. The molecule has 0 aliphatic rings. The number of alkyl halides is 3. The lowest BCUT2D eigenvalue weighted by molar-refractivity contribution is -0.240. The zero-order chi connectivity index (χ0) is 26.3. The van der Waals surface area contributed by atoms with Gasteiger partial charge in [-0.3, -0.25) is 9.59 Å². The molecular weight excluding hydrogens is 479 g/mol. The lowest BCUT2D eigenvalue weighted by Crippen LogP contribution is -2.41. The summed E-state index contributed by atoms with van der Waals surface area (Å²) in [5.41, 5.74) is -3.59. The summed E-state index contributed by atoms with van der Waals surface area (Å²) in [6.07, 6.45) is -3.84. The van der Waals surface area contributed by atoms with Crippen LogP contribution in [-0.2, 0) is 24.0 Å². The quantitative estimate of drug-likeness (QED) is 0.371. The molecule has 1 unspecified atom stereocenters. The van der Waals surface area contributed by atoms with Crippen LogP contribution >= 0.6 is 0 Å². The van der Waals surface area contributed by atoms with Crippen molar-refractivity contribution in [2.75, 3.05) is 0 Å². The molecule has 0 bridgehead atoms. The van der Waals surface area contributed by atoms with E-state index in [-0.39, 0.29) is 46.3 Å². The molecule has 36 heavy (non-hydrogen) atoms. The molecule has 9 nitrogen and oxygen atoms in total. The highest BCUT2D eigenvalue weighted by Gasteiger charge is 2.54. The molecule has 1 aromatic carbocycles. The fourth-order valence-electron chi connectivity index (χ4n) is 3.68. The summed E-state index contributed by atoms with van der Waals surface area (Å²) < 4.78 is 48.6. The number of aliphatic hydroxyl groups is 1. The van der Waals surface area contributed by atoms with Gasteiger partial charge in [0.25, 0.3) is 5.56 Å². The van der Waals surface area contributed by atoms with Gasteiger partial charge in [0.05, 0.1) is 17.7 Å². The van der Waals surface area contributed by atoms with Gasteiger partial charge in [-0.15, -0.1) is 10.2 Å². The van der Waals surface area contributed by atoms with E-state index in [0.717, 1.165) is 16.7 Å². The predicted octanol–water partition coefficient (Wildman–Crippen LogP) is 2.66. The molecule has 3 heterocycles. The number of aryl methyl sites for hydroxylation is 2. The maximum atomic E-state index is 14.0. The Bertz CT molecular complexity index is 1570. The van der Waals surface area contributed by atoms with Crippen molar-refractivity contribution in [2.45, 2.75) is 32.2 Å². The molecule has 3 aromatic heterocycles. The predicted molar refractivity (Wildman–Crippen MR) is 122 cm³/mol. The van der Waals surface area contributed by atoms with Crippen molar-refractivity contribution in [3.63, 3.8) is 0 Å². The molecule has 4 rings (SSSR count). The van der Waals surface area contributed by atoms with Crippen LogP contribution < -0.4 is 10.9 Å².